The maximum atomic E-state index is 14.3. The van der Waals surface area contributed by atoms with Crippen molar-refractivity contribution in [1.82, 2.24) is 19.4 Å². The lowest BCUT2D eigenvalue weighted by atomic mass is 10.00. The second kappa shape index (κ2) is 11.9. The molecule has 11 heteroatoms. The van der Waals surface area contributed by atoms with Gasteiger partial charge >= 0.3 is 5.97 Å². The summed E-state index contributed by atoms with van der Waals surface area (Å²) in [7, 11) is 1.35. The van der Waals surface area contributed by atoms with Crippen molar-refractivity contribution in [3.05, 3.63) is 94.2 Å². The zero-order valence-corrected chi connectivity index (χ0v) is 23.6. The molecule has 4 heterocycles. The molecule has 0 unspecified atom stereocenters. The lowest BCUT2D eigenvalue weighted by Crippen LogP contribution is -2.36. The van der Waals surface area contributed by atoms with Crippen molar-refractivity contribution in [1.29, 1.82) is 0 Å². The van der Waals surface area contributed by atoms with Crippen LogP contribution < -0.4 is 4.74 Å². The number of rotatable bonds is 9. The van der Waals surface area contributed by atoms with Crippen LogP contribution in [0.2, 0.25) is 5.02 Å². The summed E-state index contributed by atoms with van der Waals surface area (Å²) in [5.41, 5.74) is 3.77. The Labute approximate surface area is 246 Å². The Balaban J connectivity index is 1.22. The number of nitrogens with zero attached hydrogens (tertiary/aromatic N) is 4. The molecule has 4 aromatic rings. The molecule has 2 aliphatic heterocycles. The Morgan fingerprint density at radius 1 is 1.21 bits per heavy atom. The predicted molar refractivity (Wildman–Crippen MR) is 153 cm³/mol. The molecule has 6 rings (SSSR count). The van der Waals surface area contributed by atoms with Gasteiger partial charge in [0.2, 0.25) is 11.8 Å². The minimum absolute atomic E-state index is 0.0288. The minimum Gasteiger partial charge on any atom is -0.472 e. The van der Waals surface area contributed by atoms with Crippen LogP contribution in [0.25, 0.3) is 16.6 Å². The van der Waals surface area contributed by atoms with E-state index in [4.69, 9.17) is 30.8 Å². The molecule has 0 radical (unpaired) electrons. The maximum absolute atomic E-state index is 14.3. The number of carbonyl (C=O) groups is 2. The van der Waals surface area contributed by atoms with Gasteiger partial charge in [-0.2, -0.15) is 0 Å². The molecule has 0 aliphatic carbocycles. The Morgan fingerprint density at radius 2 is 2.07 bits per heavy atom. The largest absolute Gasteiger partial charge is 0.472 e. The fraction of sp³-hybridized carbons (Fsp3) is 0.290. The van der Waals surface area contributed by atoms with E-state index in [1.165, 1.54) is 13.2 Å². The first-order valence-corrected chi connectivity index (χ1v) is 14.0. The summed E-state index contributed by atoms with van der Waals surface area (Å²) in [6.45, 7) is 2.02. The number of esters is 1. The van der Waals surface area contributed by atoms with Gasteiger partial charge < -0.3 is 23.7 Å². The van der Waals surface area contributed by atoms with Crippen molar-refractivity contribution in [2.45, 2.75) is 38.6 Å². The summed E-state index contributed by atoms with van der Waals surface area (Å²) in [4.78, 5) is 36.4. The van der Waals surface area contributed by atoms with Gasteiger partial charge in [-0.05, 0) is 60.9 Å². The average Bonchev–Trinajstić information content (AvgIpc) is 3.31. The molecule has 216 valence electrons. The molecule has 1 amide bonds. The van der Waals surface area contributed by atoms with Gasteiger partial charge in [-0.25, -0.2) is 19.2 Å². The van der Waals surface area contributed by atoms with E-state index >= 15 is 0 Å². The maximum Gasteiger partial charge on any atom is 0.337 e. The molecule has 1 fully saturated rings. The van der Waals surface area contributed by atoms with E-state index in [1.807, 2.05) is 10.6 Å². The third-order valence-electron chi connectivity index (χ3n) is 7.52. The highest BCUT2D eigenvalue weighted by Crippen LogP contribution is 2.31. The molecule has 9 nitrogen and oxygen atoms in total. The number of ether oxygens (including phenoxy) is 3. The van der Waals surface area contributed by atoms with Crippen molar-refractivity contribution in [2.24, 2.45) is 0 Å². The summed E-state index contributed by atoms with van der Waals surface area (Å²) in [5.74, 6) is -0.0131. The highest BCUT2D eigenvalue weighted by Gasteiger charge is 2.26. The van der Waals surface area contributed by atoms with Crippen LogP contribution >= 0.6 is 11.6 Å². The second-order valence-electron chi connectivity index (χ2n) is 10.2. The average molecular weight is 591 g/mol. The van der Waals surface area contributed by atoms with Crippen LogP contribution in [0.4, 0.5) is 4.39 Å². The van der Waals surface area contributed by atoms with Gasteiger partial charge in [0, 0.05) is 41.6 Å². The quantitative estimate of drug-likeness (QED) is 0.247. The van der Waals surface area contributed by atoms with Gasteiger partial charge in [-0.15, -0.1) is 0 Å². The topological polar surface area (TPSA) is 95.8 Å². The van der Waals surface area contributed by atoms with Crippen LogP contribution in [0.5, 0.6) is 5.88 Å². The number of imidazole rings is 1. The highest BCUT2D eigenvalue weighted by atomic mass is 35.5. The second-order valence-corrected chi connectivity index (χ2v) is 10.6. The summed E-state index contributed by atoms with van der Waals surface area (Å²) < 4.78 is 32.7. The van der Waals surface area contributed by atoms with Crippen molar-refractivity contribution < 1.29 is 28.2 Å². The van der Waals surface area contributed by atoms with E-state index in [2.05, 4.69) is 4.98 Å². The number of amides is 1. The zero-order valence-electron chi connectivity index (χ0n) is 22.9. The molecule has 0 saturated carbocycles. The molecule has 1 atom stereocenters. The van der Waals surface area contributed by atoms with Gasteiger partial charge in [-0.1, -0.05) is 17.7 Å². The minimum atomic E-state index is -0.459. The number of pyridine rings is 1. The Kier molecular flexibility index (Phi) is 7.90. The first kappa shape index (κ1) is 27.9. The van der Waals surface area contributed by atoms with Crippen LogP contribution in [-0.2, 0) is 34.0 Å². The zero-order chi connectivity index (χ0) is 29.2. The first-order chi connectivity index (χ1) is 20.4. The van der Waals surface area contributed by atoms with E-state index < -0.39 is 11.8 Å². The fourth-order valence-electron chi connectivity index (χ4n) is 5.13. The first-order valence-electron chi connectivity index (χ1n) is 13.6. The normalized spacial score (nSPS) is 16.7. The van der Waals surface area contributed by atoms with E-state index in [9.17, 15) is 14.0 Å². The molecule has 1 saturated heterocycles. The lowest BCUT2D eigenvalue weighted by molar-refractivity contribution is -0.127. The SMILES string of the molecule is COC(=O)c1ccc2nc(CN3CCC(c4cccnc4OCc4ccc(Cl)cc4F)=CC3=O)n(C[C@@H]3CCO3)c2c1. The Morgan fingerprint density at radius 3 is 2.81 bits per heavy atom. The van der Waals surface area contributed by atoms with Gasteiger partial charge in [0.15, 0.2) is 0 Å². The molecule has 42 heavy (non-hydrogen) atoms. The third kappa shape index (κ3) is 5.73. The highest BCUT2D eigenvalue weighted by molar-refractivity contribution is 6.30. The molecule has 2 aromatic heterocycles. The number of benzene rings is 2. The molecule has 0 N–H and O–H groups in total. The van der Waals surface area contributed by atoms with Gasteiger partial charge in [0.25, 0.3) is 0 Å². The smallest absolute Gasteiger partial charge is 0.337 e. The number of hydrogen-bond donors (Lipinski definition) is 0. The third-order valence-corrected chi connectivity index (χ3v) is 7.75. The number of aromatic nitrogens is 3. The van der Waals surface area contributed by atoms with Crippen LogP contribution in [0.3, 0.4) is 0 Å². The van der Waals surface area contributed by atoms with E-state index in [0.29, 0.717) is 66.1 Å². The van der Waals surface area contributed by atoms with Crippen molar-refractivity contribution in [3.8, 4) is 5.88 Å². The van der Waals surface area contributed by atoms with Crippen LogP contribution in [0, 0.1) is 5.82 Å². The van der Waals surface area contributed by atoms with Crippen LogP contribution in [0.1, 0.15) is 40.2 Å². The van der Waals surface area contributed by atoms with Gasteiger partial charge in [-0.3, -0.25) is 4.79 Å². The lowest BCUT2D eigenvalue weighted by Gasteiger charge is -2.29. The molecule has 0 spiro atoms. The standard InChI is InChI=1S/C31H28ClFN4O5/c1-40-31(39)20-5-7-26-27(13-20)37(16-23-9-12-41-23)28(35-26)17-36-11-8-19(14-29(36)38)24-3-2-10-34-30(24)42-18-21-4-6-22(32)15-25(21)33/h2-7,10,13-15,23H,8-9,11-12,16-18H2,1H3/t23-/m0/s1. The van der Waals surface area contributed by atoms with Crippen molar-refractivity contribution in [2.75, 3.05) is 20.3 Å². The fourth-order valence-corrected chi connectivity index (χ4v) is 5.29. The number of fused-ring (bicyclic) bond motifs is 1. The van der Waals surface area contributed by atoms with Crippen LogP contribution in [0.15, 0.2) is 60.8 Å². The van der Waals surface area contributed by atoms with Crippen molar-refractivity contribution in [3.63, 3.8) is 0 Å². The van der Waals surface area contributed by atoms with Crippen LogP contribution in [-0.4, -0.2) is 57.7 Å². The van der Waals surface area contributed by atoms with Crippen molar-refractivity contribution >= 4 is 40.1 Å². The summed E-state index contributed by atoms with van der Waals surface area (Å²) in [6.07, 6.45) is 4.74. The monoisotopic (exact) mass is 590 g/mol. The summed E-state index contributed by atoms with van der Waals surface area (Å²) >= 11 is 5.86. The molecule has 0 bridgehead atoms. The number of methoxy groups -OCH3 is 1. The number of hydrogen-bond acceptors (Lipinski definition) is 7. The van der Waals surface area contributed by atoms with E-state index in [0.717, 1.165) is 23.0 Å². The summed E-state index contributed by atoms with van der Waals surface area (Å²) in [6, 6.07) is 13.3. The molecular formula is C31H28ClFN4O5. The molecule has 2 aromatic carbocycles. The summed E-state index contributed by atoms with van der Waals surface area (Å²) in [5, 5.41) is 0.308. The number of carbonyl (C=O) groups excluding carboxylic acids is 2. The molecule has 2 aliphatic rings. The van der Waals surface area contributed by atoms with E-state index in [1.54, 1.807) is 53.6 Å². The van der Waals surface area contributed by atoms with Gasteiger partial charge in [0.05, 0.1) is 42.9 Å². The van der Waals surface area contributed by atoms with E-state index in [-0.39, 0.29) is 18.6 Å². The molecular weight excluding hydrogens is 563 g/mol. The van der Waals surface area contributed by atoms with Gasteiger partial charge in [0.1, 0.15) is 18.2 Å². The Hall–Kier alpha value is -4.28. The number of halogens is 2. The predicted octanol–water partition coefficient (Wildman–Crippen LogP) is 5.19. The Bertz CT molecular complexity index is 1700.